The predicted molar refractivity (Wildman–Crippen MR) is 76.4 cm³/mol. The van der Waals surface area contributed by atoms with Crippen LogP contribution in [0.1, 0.15) is 5.82 Å². The number of rotatable bonds is 4. The van der Waals surface area contributed by atoms with E-state index in [1.807, 2.05) is 12.1 Å². The van der Waals surface area contributed by atoms with Crippen molar-refractivity contribution in [3.05, 3.63) is 36.5 Å². The van der Waals surface area contributed by atoms with Crippen molar-refractivity contribution in [1.29, 1.82) is 0 Å². The molecule has 3 aromatic heterocycles. The van der Waals surface area contributed by atoms with Crippen LogP contribution in [0.15, 0.2) is 35.2 Å². The quantitative estimate of drug-likeness (QED) is 0.734. The summed E-state index contributed by atoms with van der Waals surface area (Å²) in [6.07, 6.45) is 6.74. The fourth-order valence-corrected chi connectivity index (χ4v) is 2.92. The van der Waals surface area contributed by atoms with Crippen molar-refractivity contribution in [1.82, 2.24) is 20.1 Å². The summed E-state index contributed by atoms with van der Waals surface area (Å²) in [5.74, 6) is 1.14. The molecule has 3 heterocycles. The molecule has 3 rings (SSSR count). The van der Waals surface area contributed by atoms with Crippen molar-refractivity contribution in [2.45, 2.75) is 5.75 Å². The third-order valence-electron chi connectivity index (χ3n) is 2.44. The Balaban J connectivity index is 1.87. The molecule has 0 saturated heterocycles. The first kappa shape index (κ1) is 13.1. The molecule has 0 radical (unpaired) electrons. The molecule has 0 fully saturated rings. The smallest absolute Gasteiger partial charge is 0.269 e. The van der Waals surface area contributed by atoms with Crippen molar-refractivity contribution in [2.24, 2.45) is 0 Å². The molecule has 0 N–H and O–H groups in total. The van der Waals surface area contributed by atoms with E-state index in [4.69, 9.17) is 4.52 Å². The molecule has 0 aliphatic heterocycles. The standard InChI is InChI=1S/C12H10N4O2S2/c1-20(17)7-10-15-11(18-16-10)9-6-14-12(19-9)8-2-4-13-5-3-8/h2-6H,7H2,1H3. The Morgan fingerprint density at radius 1 is 1.35 bits per heavy atom. The van der Waals surface area contributed by atoms with E-state index in [-0.39, 0.29) is 0 Å². The Bertz CT molecular complexity index is 739. The maximum atomic E-state index is 11.1. The Morgan fingerprint density at radius 2 is 2.15 bits per heavy atom. The van der Waals surface area contributed by atoms with Crippen LogP contribution in [0.4, 0.5) is 0 Å². The summed E-state index contributed by atoms with van der Waals surface area (Å²) in [6.45, 7) is 0. The van der Waals surface area contributed by atoms with Crippen molar-refractivity contribution >= 4 is 22.1 Å². The van der Waals surface area contributed by atoms with E-state index in [2.05, 4.69) is 20.1 Å². The molecule has 0 aliphatic rings. The lowest BCUT2D eigenvalue weighted by Gasteiger charge is -1.92. The molecule has 0 saturated carbocycles. The molecule has 8 heteroatoms. The van der Waals surface area contributed by atoms with Crippen LogP contribution in [0.5, 0.6) is 0 Å². The number of nitrogens with zero attached hydrogens (tertiary/aromatic N) is 4. The fraction of sp³-hybridized carbons (Fsp3) is 0.167. The molecule has 0 aromatic carbocycles. The number of aromatic nitrogens is 4. The van der Waals surface area contributed by atoms with Gasteiger partial charge in [-0.2, -0.15) is 4.98 Å². The van der Waals surface area contributed by atoms with Crippen LogP contribution >= 0.6 is 11.3 Å². The molecular formula is C12H10N4O2S2. The van der Waals surface area contributed by atoms with Gasteiger partial charge in [-0.1, -0.05) is 5.16 Å². The Kier molecular flexibility index (Phi) is 3.66. The van der Waals surface area contributed by atoms with E-state index >= 15 is 0 Å². The summed E-state index contributed by atoms with van der Waals surface area (Å²) >= 11 is 1.46. The van der Waals surface area contributed by atoms with Crippen LogP contribution in [-0.2, 0) is 16.6 Å². The normalized spacial score (nSPS) is 12.4. The zero-order valence-corrected chi connectivity index (χ0v) is 12.1. The van der Waals surface area contributed by atoms with Gasteiger partial charge in [-0.25, -0.2) is 4.98 Å². The lowest BCUT2D eigenvalue weighted by atomic mass is 10.3. The first-order valence-corrected chi connectivity index (χ1v) is 8.26. The third kappa shape index (κ3) is 2.81. The van der Waals surface area contributed by atoms with Gasteiger partial charge in [-0.15, -0.1) is 11.3 Å². The average Bonchev–Trinajstić information content (AvgIpc) is 3.07. The molecule has 3 aromatic rings. The maximum Gasteiger partial charge on any atom is 0.269 e. The first-order valence-electron chi connectivity index (χ1n) is 5.71. The highest BCUT2D eigenvalue weighted by molar-refractivity contribution is 7.83. The molecule has 102 valence electrons. The van der Waals surface area contributed by atoms with E-state index in [0.29, 0.717) is 17.5 Å². The number of pyridine rings is 1. The van der Waals surface area contributed by atoms with Gasteiger partial charge in [0, 0.05) is 35.0 Å². The minimum absolute atomic E-state index is 0.291. The van der Waals surface area contributed by atoms with E-state index in [1.165, 1.54) is 11.3 Å². The van der Waals surface area contributed by atoms with Gasteiger partial charge < -0.3 is 4.52 Å². The van der Waals surface area contributed by atoms with Gasteiger partial charge in [0.1, 0.15) is 9.88 Å². The van der Waals surface area contributed by atoms with Gasteiger partial charge >= 0.3 is 0 Å². The Morgan fingerprint density at radius 3 is 2.90 bits per heavy atom. The van der Waals surface area contributed by atoms with Crippen molar-refractivity contribution < 1.29 is 8.73 Å². The minimum atomic E-state index is -0.988. The average molecular weight is 306 g/mol. The summed E-state index contributed by atoms with van der Waals surface area (Å²) in [7, 11) is -0.988. The molecule has 1 atom stereocenters. The van der Waals surface area contributed by atoms with Crippen molar-refractivity contribution in [2.75, 3.05) is 6.26 Å². The maximum absolute atomic E-state index is 11.1. The Hall–Kier alpha value is -1.93. The Labute approximate surface area is 121 Å². The van der Waals surface area contributed by atoms with Crippen LogP contribution in [0, 0.1) is 0 Å². The van der Waals surface area contributed by atoms with E-state index in [1.54, 1.807) is 24.8 Å². The molecule has 1 unspecified atom stereocenters. The van der Waals surface area contributed by atoms with E-state index in [9.17, 15) is 4.21 Å². The summed E-state index contributed by atoms with van der Waals surface area (Å²) in [4.78, 5) is 13.3. The third-order valence-corrected chi connectivity index (χ3v) is 4.14. The molecule has 0 bridgehead atoms. The zero-order chi connectivity index (χ0) is 13.9. The summed E-state index contributed by atoms with van der Waals surface area (Å²) in [5, 5.41) is 4.67. The SMILES string of the molecule is CS(=O)Cc1noc(-c2cnc(-c3ccncc3)s2)n1. The van der Waals surface area contributed by atoms with Crippen LogP contribution < -0.4 is 0 Å². The fourth-order valence-electron chi connectivity index (χ4n) is 1.60. The lowest BCUT2D eigenvalue weighted by molar-refractivity contribution is 0.425. The highest BCUT2D eigenvalue weighted by Gasteiger charge is 2.13. The molecular weight excluding hydrogens is 296 g/mol. The van der Waals surface area contributed by atoms with Crippen LogP contribution in [0.25, 0.3) is 21.3 Å². The molecule has 20 heavy (non-hydrogen) atoms. The van der Waals surface area contributed by atoms with Crippen molar-refractivity contribution in [3.8, 4) is 21.3 Å². The number of thiazole rings is 1. The van der Waals surface area contributed by atoms with Gasteiger partial charge in [0.05, 0.1) is 11.9 Å². The number of hydrogen-bond acceptors (Lipinski definition) is 7. The van der Waals surface area contributed by atoms with Gasteiger partial charge in [-0.3, -0.25) is 9.19 Å². The van der Waals surface area contributed by atoms with E-state index in [0.717, 1.165) is 15.4 Å². The predicted octanol–water partition coefficient (Wildman–Crippen LogP) is 2.13. The van der Waals surface area contributed by atoms with Gasteiger partial charge in [0.15, 0.2) is 5.82 Å². The van der Waals surface area contributed by atoms with Crippen LogP contribution in [0.3, 0.4) is 0 Å². The van der Waals surface area contributed by atoms with Crippen LogP contribution in [0.2, 0.25) is 0 Å². The summed E-state index contributed by atoms with van der Waals surface area (Å²) in [5.41, 5.74) is 0.991. The van der Waals surface area contributed by atoms with Gasteiger partial charge in [-0.05, 0) is 12.1 Å². The molecule has 0 spiro atoms. The van der Waals surface area contributed by atoms with Crippen LogP contribution in [-0.4, -0.2) is 30.6 Å². The molecule has 0 amide bonds. The lowest BCUT2D eigenvalue weighted by Crippen LogP contribution is -1.93. The van der Waals surface area contributed by atoms with Gasteiger partial charge in [0.2, 0.25) is 0 Å². The highest BCUT2D eigenvalue weighted by atomic mass is 32.2. The first-order chi connectivity index (χ1) is 9.72. The molecule has 6 nitrogen and oxygen atoms in total. The highest BCUT2D eigenvalue weighted by Crippen LogP contribution is 2.30. The number of hydrogen-bond donors (Lipinski definition) is 0. The topological polar surface area (TPSA) is 81.8 Å². The molecule has 0 aliphatic carbocycles. The summed E-state index contributed by atoms with van der Waals surface area (Å²) < 4.78 is 16.3. The minimum Gasteiger partial charge on any atom is -0.333 e. The summed E-state index contributed by atoms with van der Waals surface area (Å²) in [6, 6.07) is 3.78. The second-order valence-electron chi connectivity index (χ2n) is 4.00. The largest absolute Gasteiger partial charge is 0.333 e. The zero-order valence-electron chi connectivity index (χ0n) is 10.5. The van der Waals surface area contributed by atoms with Gasteiger partial charge in [0.25, 0.3) is 5.89 Å². The monoisotopic (exact) mass is 306 g/mol. The second-order valence-corrected chi connectivity index (χ2v) is 6.46. The van der Waals surface area contributed by atoms with Crippen molar-refractivity contribution in [3.63, 3.8) is 0 Å². The second kappa shape index (κ2) is 5.59. The van der Waals surface area contributed by atoms with E-state index < -0.39 is 10.8 Å².